The standard InChI is InChI=1S/C20H19F4N5O4/c1-19(2,20(22,23)24)29(33-18(27)31)7-6-28-13(9-25)15(11-4-3-5-12(21)8-11)16(14(28)10-29)32-17(26)30/h3-5,8H,6-7,10H2,1-2H3,(H3-,26,27,30,31)/p+1. The molecule has 13 heteroatoms. The van der Waals surface area contributed by atoms with Crippen molar-refractivity contribution < 1.29 is 41.4 Å². The lowest BCUT2D eigenvalue weighted by molar-refractivity contribution is -1.14. The molecule has 9 nitrogen and oxygen atoms in total. The van der Waals surface area contributed by atoms with Crippen molar-refractivity contribution in [2.24, 2.45) is 11.5 Å². The van der Waals surface area contributed by atoms with Crippen LogP contribution in [0.3, 0.4) is 0 Å². The Kier molecular flexibility index (Phi) is 5.76. The maximum Gasteiger partial charge on any atom is 0.459 e. The van der Waals surface area contributed by atoms with Gasteiger partial charge in [-0.05, 0) is 17.7 Å². The van der Waals surface area contributed by atoms with Crippen LogP contribution in [0.4, 0.5) is 27.2 Å². The minimum atomic E-state index is -4.84. The van der Waals surface area contributed by atoms with Crippen LogP contribution < -0.4 is 16.2 Å². The molecule has 0 saturated carbocycles. The molecule has 0 saturated heterocycles. The van der Waals surface area contributed by atoms with E-state index in [-0.39, 0.29) is 34.8 Å². The molecule has 0 spiro atoms. The molecule has 33 heavy (non-hydrogen) atoms. The fourth-order valence-electron chi connectivity index (χ4n) is 3.94. The topological polar surface area (TPSA) is 133 Å². The third-order valence-electron chi connectivity index (χ3n) is 5.81. The molecule has 1 atom stereocenters. The van der Waals surface area contributed by atoms with Gasteiger partial charge in [0.1, 0.15) is 29.8 Å². The first-order valence-electron chi connectivity index (χ1n) is 9.55. The molecule has 1 aliphatic heterocycles. The number of carbonyl (C=O) groups excluding carboxylic acids is 2. The molecule has 0 radical (unpaired) electrons. The molecule has 0 fully saturated rings. The van der Waals surface area contributed by atoms with Gasteiger partial charge < -0.3 is 20.8 Å². The Morgan fingerprint density at radius 3 is 2.39 bits per heavy atom. The number of aromatic nitrogens is 1. The number of nitrogens with zero attached hydrogens (tertiary/aromatic N) is 3. The van der Waals surface area contributed by atoms with Gasteiger partial charge in [0.05, 0.1) is 12.1 Å². The summed E-state index contributed by atoms with van der Waals surface area (Å²) in [6, 6.07) is 6.91. The van der Waals surface area contributed by atoms with E-state index in [2.05, 4.69) is 0 Å². The van der Waals surface area contributed by atoms with Crippen molar-refractivity contribution in [3.63, 3.8) is 0 Å². The minimum Gasteiger partial charge on any atom is -0.408 e. The number of fused-ring (bicyclic) bond motifs is 1. The maximum atomic E-state index is 14.0. The van der Waals surface area contributed by atoms with Crippen molar-refractivity contribution in [3.05, 3.63) is 41.5 Å². The zero-order chi connectivity index (χ0) is 24.8. The first-order valence-corrected chi connectivity index (χ1v) is 9.55. The maximum absolute atomic E-state index is 14.0. The molecule has 1 aromatic heterocycles. The third kappa shape index (κ3) is 3.93. The zero-order valence-corrected chi connectivity index (χ0v) is 17.6. The number of nitriles is 1. The van der Waals surface area contributed by atoms with Crippen LogP contribution in [0.25, 0.3) is 11.1 Å². The quantitative estimate of drug-likeness (QED) is 0.523. The van der Waals surface area contributed by atoms with Crippen molar-refractivity contribution in [2.75, 3.05) is 6.54 Å². The van der Waals surface area contributed by atoms with Gasteiger partial charge in [-0.3, -0.25) is 4.84 Å². The van der Waals surface area contributed by atoms with E-state index in [1.165, 1.54) is 16.7 Å². The van der Waals surface area contributed by atoms with Gasteiger partial charge in [-0.25, -0.2) is 14.0 Å². The Morgan fingerprint density at radius 2 is 1.88 bits per heavy atom. The summed E-state index contributed by atoms with van der Waals surface area (Å²) in [4.78, 5) is 28.3. The van der Waals surface area contributed by atoms with Crippen LogP contribution in [0, 0.1) is 17.1 Å². The Morgan fingerprint density at radius 1 is 1.21 bits per heavy atom. The Labute approximate surface area is 185 Å². The Hall–Kier alpha value is -3.79. The van der Waals surface area contributed by atoms with Crippen LogP contribution in [0.2, 0.25) is 0 Å². The van der Waals surface area contributed by atoms with Crippen molar-refractivity contribution in [2.45, 2.75) is 38.7 Å². The average Bonchev–Trinajstić information content (AvgIpc) is 2.98. The predicted octanol–water partition coefficient (Wildman–Crippen LogP) is 3.30. The molecule has 0 aliphatic carbocycles. The van der Waals surface area contributed by atoms with E-state index in [9.17, 15) is 32.4 Å². The monoisotopic (exact) mass is 470 g/mol. The number of alkyl halides is 3. The molecule has 0 bridgehead atoms. The Bertz CT molecular complexity index is 1170. The summed E-state index contributed by atoms with van der Waals surface area (Å²) in [5, 5.41) is 9.79. The molecule has 2 aromatic rings. The van der Waals surface area contributed by atoms with Crippen LogP contribution in [-0.2, 0) is 17.9 Å². The largest absolute Gasteiger partial charge is 0.459 e. The van der Waals surface area contributed by atoms with E-state index in [1.807, 2.05) is 6.07 Å². The number of ether oxygens (including phenoxy) is 1. The summed E-state index contributed by atoms with van der Waals surface area (Å²) in [5.74, 6) is -0.996. The summed E-state index contributed by atoms with van der Waals surface area (Å²) >= 11 is 0. The van der Waals surface area contributed by atoms with Crippen LogP contribution in [0.1, 0.15) is 25.2 Å². The van der Waals surface area contributed by atoms with Gasteiger partial charge in [0.2, 0.25) is 5.54 Å². The van der Waals surface area contributed by atoms with Gasteiger partial charge in [-0.2, -0.15) is 18.4 Å². The molecular weight excluding hydrogens is 450 g/mol. The van der Waals surface area contributed by atoms with Crippen LogP contribution >= 0.6 is 0 Å². The molecule has 2 amide bonds. The van der Waals surface area contributed by atoms with Crippen LogP contribution in [-0.4, -0.2) is 39.7 Å². The van der Waals surface area contributed by atoms with Crippen molar-refractivity contribution >= 4 is 12.2 Å². The number of benzene rings is 1. The highest BCUT2D eigenvalue weighted by Gasteiger charge is 2.66. The summed E-state index contributed by atoms with van der Waals surface area (Å²) < 4.78 is 61.0. The highest BCUT2D eigenvalue weighted by atomic mass is 19.4. The summed E-state index contributed by atoms with van der Waals surface area (Å²) in [6.07, 6.45) is -7.60. The number of amides is 2. The van der Waals surface area contributed by atoms with E-state index in [0.717, 1.165) is 26.0 Å². The zero-order valence-electron chi connectivity index (χ0n) is 17.6. The van der Waals surface area contributed by atoms with E-state index < -0.39 is 47.5 Å². The van der Waals surface area contributed by atoms with Gasteiger partial charge in [0, 0.05) is 13.8 Å². The lowest BCUT2D eigenvalue weighted by Gasteiger charge is -2.47. The molecule has 2 heterocycles. The van der Waals surface area contributed by atoms with Gasteiger partial charge in [0.25, 0.3) is 0 Å². The first kappa shape index (κ1) is 23.9. The number of primary amides is 2. The smallest absolute Gasteiger partial charge is 0.408 e. The fourth-order valence-corrected chi connectivity index (χ4v) is 3.94. The minimum absolute atomic E-state index is 0.0327. The summed E-state index contributed by atoms with van der Waals surface area (Å²) in [7, 11) is 0. The van der Waals surface area contributed by atoms with Gasteiger partial charge in [0.15, 0.2) is 12.3 Å². The van der Waals surface area contributed by atoms with Crippen LogP contribution in [0.15, 0.2) is 24.3 Å². The lowest BCUT2D eigenvalue weighted by Crippen LogP contribution is -2.70. The Balaban J connectivity index is 2.31. The molecule has 1 aliphatic rings. The summed E-state index contributed by atoms with van der Waals surface area (Å²) in [6.45, 7) is 0.353. The SMILES string of the molecule is CC(C)(C(F)(F)F)[N+]1(OC(N)=O)CCn2c(C#N)c(-c3cccc(F)c3)c(OC(N)=O)c2C1. The summed E-state index contributed by atoms with van der Waals surface area (Å²) in [5.41, 5.74) is 7.57. The highest BCUT2D eigenvalue weighted by molar-refractivity contribution is 5.81. The molecule has 1 aromatic carbocycles. The first-order chi connectivity index (χ1) is 15.2. The second kappa shape index (κ2) is 7.96. The van der Waals surface area contributed by atoms with Crippen molar-refractivity contribution in [1.82, 2.24) is 4.57 Å². The molecule has 1 unspecified atom stereocenters. The third-order valence-corrected chi connectivity index (χ3v) is 5.81. The van der Waals surface area contributed by atoms with Crippen molar-refractivity contribution in [1.29, 1.82) is 5.26 Å². The number of rotatable bonds is 4. The normalized spacial score (nSPS) is 18.2. The van der Waals surface area contributed by atoms with Gasteiger partial charge in [-0.1, -0.05) is 12.1 Å². The van der Waals surface area contributed by atoms with Gasteiger partial charge >= 0.3 is 18.4 Å². The van der Waals surface area contributed by atoms with E-state index in [4.69, 9.17) is 21.0 Å². The molecule has 3 rings (SSSR count). The van der Waals surface area contributed by atoms with E-state index >= 15 is 0 Å². The molecule has 176 valence electrons. The van der Waals surface area contributed by atoms with E-state index in [1.54, 1.807) is 0 Å². The number of hydrogen-bond donors (Lipinski definition) is 2. The number of nitrogens with two attached hydrogens (primary N) is 2. The number of halogens is 4. The lowest BCUT2D eigenvalue weighted by atomic mass is 9.99. The number of carbonyl (C=O) groups is 2. The molecular formula is C20H20F4N5O4+. The predicted molar refractivity (Wildman–Crippen MR) is 104 cm³/mol. The van der Waals surface area contributed by atoms with Crippen LogP contribution in [0.5, 0.6) is 5.75 Å². The van der Waals surface area contributed by atoms with E-state index in [0.29, 0.717) is 0 Å². The molecule has 4 N–H and O–H groups in total. The fraction of sp³-hybridized carbons (Fsp3) is 0.350. The second-order valence-electron chi connectivity index (χ2n) is 7.93. The number of hydrogen-bond acceptors (Lipinski definition) is 5. The highest BCUT2D eigenvalue weighted by Crippen LogP contribution is 2.48. The second-order valence-corrected chi connectivity index (χ2v) is 7.93. The average molecular weight is 470 g/mol. The number of hydroxylamine groups is 3. The van der Waals surface area contributed by atoms with Crippen molar-refractivity contribution in [3.8, 4) is 22.9 Å². The van der Waals surface area contributed by atoms with Gasteiger partial charge in [-0.15, -0.1) is 4.65 Å². The number of quaternary nitrogens is 1.